The summed E-state index contributed by atoms with van der Waals surface area (Å²) in [5.41, 5.74) is 1.26. The molecule has 0 spiro atoms. The van der Waals surface area contributed by atoms with Gasteiger partial charge in [-0.3, -0.25) is 9.48 Å². The minimum atomic E-state index is -0.140. The Balaban J connectivity index is 1.93. The van der Waals surface area contributed by atoms with Gasteiger partial charge in [-0.2, -0.15) is 5.10 Å². The molecule has 2 rings (SSSR count). The van der Waals surface area contributed by atoms with Gasteiger partial charge in [-0.05, 0) is 24.2 Å². The van der Waals surface area contributed by atoms with E-state index in [0.717, 1.165) is 5.69 Å². The second-order valence-electron chi connectivity index (χ2n) is 7.51. The van der Waals surface area contributed by atoms with Crippen LogP contribution in [-0.2, 0) is 11.3 Å². The maximum atomic E-state index is 11.7. The van der Waals surface area contributed by atoms with Gasteiger partial charge in [0, 0.05) is 18.8 Å². The number of amides is 1. The zero-order chi connectivity index (χ0) is 16.9. The lowest BCUT2D eigenvalue weighted by molar-refractivity contribution is -0.122. The summed E-state index contributed by atoms with van der Waals surface area (Å²) in [7, 11) is 0. The van der Waals surface area contributed by atoms with E-state index in [4.69, 9.17) is 5.11 Å². The standard InChI is InChI=1S/C17H30N4O2/c1-17(2,3)14-6-4-5-7-15(14)20-13-10-19-21(11-13)12-16(23)18-8-9-22/h10-11,14-15,20,22H,4-9,12H2,1-3H3,(H,18,23). The van der Waals surface area contributed by atoms with Crippen LogP contribution in [0.25, 0.3) is 0 Å². The fraction of sp³-hybridized carbons (Fsp3) is 0.765. The Hall–Kier alpha value is -1.56. The van der Waals surface area contributed by atoms with E-state index in [-0.39, 0.29) is 31.0 Å². The first-order valence-corrected chi connectivity index (χ1v) is 8.56. The Kier molecular flexibility index (Phi) is 6.04. The van der Waals surface area contributed by atoms with Gasteiger partial charge >= 0.3 is 0 Å². The van der Waals surface area contributed by atoms with E-state index in [1.54, 1.807) is 10.9 Å². The molecule has 0 aliphatic heterocycles. The van der Waals surface area contributed by atoms with Crippen molar-refractivity contribution >= 4 is 11.6 Å². The quantitative estimate of drug-likeness (QED) is 0.748. The zero-order valence-corrected chi connectivity index (χ0v) is 14.5. The number of hydrogen-bond acceptors (Lipinski definition) is 4. The zero-order valence-electron chi connectivity index (χ0n) is 14.5. The van der Waals surface area contributed by atoms with E-state index < -0.39 is 0 Å². The second kappa shape index (κ2) is 7.81. The third-order valence-corrected chi connectivity index (χ3v) is 4.60. The van der Waals surface area contributed by atoms with Crippen molar-refractivity contribution in [3.63, 3.8) is 0 Å². The van der Waals surface area contributed by atoms with Gasteiger partial charge in [0.1, 0.15) is 6.54 Å². The fourth-order valence-electron chi connectivity index (χ4n) is 3.48. The number of carbonyl (C=O) groups excluding carboxylic acids is 1. The molecule has 6 heteroatoms. The molecule has 1 aromatic rings. The number of rotatable bonds is 6. The molecule has 1 fully saturated rings. The summed E-state index contributed by atoms with van der Waals surface area (Å²) in [6.07, 6.45) is 8.69. The van der Waals surface area contributed by atoms with Crippen molar-refractivity contribution in [2.45, 2.75) is 59.0 Å². The lowest BCUT2D eigenvalue weighted by atomic mass is 9.69. The fourth-order valence-corrected chi connectivity index (χ4v) is 3.48. The Morgan fingerprint density at radius 1 is 1.39 bits per heavy atom. The maximum Gasteiger partial charge on any atom is 0.241 e. The first-order valence-electron chi connectivity index (χ1n) is 8.56. The van der Waals surface area contributed by atoms with Gasteiger partial charge in [0.05, 0.1) is 18.5 Å². The molecule has 2 atom stereocenters. The summed E-state index contributed by atoms with van der Waals surface area (Å²) in [5.74, 6) is 0.506. The van der Waals surface area contributed by atoms with E-state index in [1.807, 2.05) is 6.20 Å². The number of carbonyl (C=O) groups is 1. The number of aromatic nitrogens is 2. The van der Waals surface area contributed by atoms with E-state index in [1.165, 1.54) is 25.7 Å². The van der Waals surface area contributed by atoms with Gasteiger partial charge in [0.15, 0.2) is 0 Å². The molecule has 3 N–H and O–H groups in total. The SMILES string of the molecule is CC(C)(C)C1CCCCC1Nc1cnn(CC(=O)NCCO)c1. The van der Waals surface area contributed by atoms with E-state index >= 15 is 0 Å². The van der Waals surface area contributed by atoms with Gasteiger partial charge in [-0.1, -0.05) is 33.6 Å². The number of anilines is 1. The van der Waals surface area contributed by atoms with Crippen LogP contribution in [0.4, 0.5) is 5.69 Å². The predicted molar refractivity (Wildman–Crippen MR) is 91.1 cm³/mol. The topological polar surface area (TPSA) is 79.2 Å². The molecular weight excluding hydrogens is 292 g/mol. The Morgan fingerprint density at radius 2 is 2.13 bits per heavy atom. The Bertz CT molecular complexity index is 507. The number of aliphatic hydroxyl groups is 1. The van der Waals surface area contributed by atoms with Crippen LogP contribution in [0.15, 0.2) is 12.4 Å². The van der Waals surface area contributed by atoms with Crippen molar-refractivity contribution < 1.29 is 9.90 Å². The molecule has 130 valence electrons. The van der Waals surface area contributed by atoms with Crippen molar-refractivity contribution in [2.75, 3.05) is 18.5 Å². The van der Waals surface area contributed by atoms with Crippen molar-refractivity contribution in [1.82, 2.24) is 15.1 Å². The summed E-state index contributed by atoms with van der Waals surface area (Å²) in [4.78, 5) is 11.7. The van der Waals surface area contributed by atoms with Gasteiger partial charge < -0.3 is 15.7 Å². The first-order chi connectivity index (χ1) is 10.9. The summed E-state index contributed by atoms with van der Waals surface area (Å²) in [6, 6.07) is 0.463. The summed E-state index contributed by atoms with van der Waals surface area (Å²) in [5, 5.41) is 19.2. The Labute approximate surface area is 138 Å². The lowest BCUT2D eigenvalue weighted by Gasteiger charge is -2.41. The molecule has 1 heterocycles. The van der Waals surface area contributed by atoms with Crippen LogP contribution < -0.4 is 10.6 Å². The largest absolute Gasteiger partial charge is 0.395 e. The van der Waals surface area contributed by atoms with Gasteiger partial charge in [-0.15, -0.1) is 0 Å². The monoisotopic (exact) mass is 322 g/mol. The molecule has 0 bridgehead atoms. The summed E-state index contributed by atoms with van der Waals surface area (Å²) >= 11 is 0. The predicted octanol–water partition coefficient (Wildman–Crippen LogP) is 2.01. The molecule has 1 amide bonds. The van der Waals surface area contributed by atoms with Gasteiger partial charge in [-0.25, -0.2) is 0 Å². The number of hydrogen-bond donors (Lipinski definition) is 3. The van der Waals surface area contributed by atoms with Crippen molar-refractivity contribution in [3.8, 4) is 0 Å². The molecule has 1 aliphatic carbocycles. The highest BCUT2D eigenvalue weighted by Gasteiger charge is 2.34. The molecule has 1 aromatic heterocycles. The summed E-state index contributed by atoms with van der Waals surface area (Å²) in [6.45, 7) is 7.34. The van der Waals surface area contributed by atoms with Crippen LogP contribution >= 0.6 is 0 Å². The van der Waals surface area contributed by atoms with Crippen LogP contribution in [0.3, 0.4) is 0 Å². The maximum absolute atomic E-state index is 11.7. The minimum absolute atomic E-state index is 0.0481. The highest BCUT2D eigenvalue weighted by Crippen LogP contribution is 2.39. The van der Waals surface area contributed by atoms with Crippen LogP contribution in [0.5, 0.6) is 0 Å². The molecule has 0 saturated heterocycles. The first kappa shape index (κ1) is 17.8. The normalized spacial score (nSPS) is 21.9. The smallest absolute Gasteiger partial charge is 0.241 e. The number of nitrogens with zero attached hydrogens (tertiary/aromatic N) is 2. The lowest BCUT2D eigenvalue weighted by Crippen LogP contribution is -2.39. The highest BCUT2D eigenvalue weighted by molar-refractivity contribution is 5.75. The average Bonchev–Trinajstić information content (AvgIpc) is 2.91. The highest BCUT2D eigenvalue weighted by atomic mass is 16.3. The van der Waals surface area contributed by atoms with E-state index in [2.05, 4.69) is 36.5 Å². The van der Waals surface area contributed by atoms with Crippen molar-refractivity contribution in [1.29, 1.82) is 0 Å². The molecule has 1 aliphatic rings. The van der Waals surface area contributed by atoms with Gasteiger partial charge in [0.2, 0.25) is 5.91 Å². The third-order valence-electron chi connectivity index (χ3n) is 4.60. The van der Waals surface area contributed by atoms with E-state index in [9.17, 15) is 4.79 Å². The molecule has 0 aromatic carbocycles. The molecule has 1 saturated carbocycles. The number of nitrogens with one attached hydrogen (secondary N) is 2. The third kappa shape index (κ3) is 5.23. The van der Waals surface area contributed by atoms with E-state index in [0.29, 0.717) is 12.0 Å². The van der Waals surface area contributed by atoms with Crippen LogP contribution in [0.1, 0.15) is 46.5 Å². The second-order valence-corrected chi connectivity index (χ2v) is 7.51. The Morgan fingerprint density at radius 3 is 2.83 bits per heavy atom. The van der Waals surface area contributed by atoms with Crippen LogP contribution in [0, 0.1) is 11.3 Å². The molecule has 2 unspecified atom stereocenters. The van der Waals surface area contributed by atoms with Crippen molar-refractivity contribution in [2.24, 2.45) is 11.3 Å². The molecule has 23 heavy (non-hydrogen) atoms. The van der Waals surface area contributed by atoms with Crippen LogP contribution in [0.2, 0.25) is 0 Å². The minimum Gasteiger partial charge on any atom is -0.395 e. The van der Waals surface area contributed by atoms with Crippen molar-refractivity contribution in [3.05, 3.63) is 12.4 Å². The van der Waals surface area contributed by atoms with Gasteiger partial charge in [0.25, 0.3) is 0 Å². The molecule has 0 radical (unpaired) electrons. The molecular formula is C17H30N4O2. The average molecular weight is 322 g/mol. The van der Waals surface area contributed by atoms with Crippen LogP contribution in [-0.4, -0.2) is 40.0 Å². The number of aliphatic hydroxyl groups excluding tert-OH is 1. The summed E-state index contributed by atoms with van der Waals surface area (Å²) < 4.78 is 1.63. The molecule has 6 nitrogen and oxygen atoms in total.